The number of unbranched alkanes of at least 4 members (excludes halogenated alkanes) is 1. The van der Waals surface area contributed by atoms with Crippen LogP contribution in [0, 0.1) is 25.2 Å². The van der Waals surface area contributed by atoms with E-state index in [1.807, 2.05) is 0 Å². The molecule has 1 aliphatic rings. The molecule has 0 radical (unpaired) electrons. The van der Waals surface area contributed by atoms with E-state index >= 15 is 0 Å². The van der Waals surface area contributed by atoms with Gasteiger partial charge in [-0.1, -0.05) is 6.42 Å². The molecule has 0 unspecified atom stereocenters. The fourth-order valence-electron chi connectivity index (χ4n) is 2.93. The van der Waals surface area contributed by atoms with Crippen LogP contribution in [0.2, 0.25) is 0 Å². The highest BCUT2D eigenvalue weighted by atomic mass is 15.1. The molecule has 0 N–H and O–H groups in total. The Hall–Kier alpha value is -1.82. The fourth-order valence-corrected chi connectivity index (χ4v) is 2.93. The third-order valence-corrected chi connectivity index (χ3v) is 4.53. The van der Waals surface area contributed by atoms with Crippen molar-refractivity contribution < 1.29 is 0 Å². The molecular formula is C17H21N3. The highest BCUT2D eigenvalue weighted by Crippen LogP contribution is 2.37. The molecule has 20 heavy (non-hydrogen) atoms. The zero-order valence-electron chi connectivity index (χ0n) is 12.3. The van der Waals surface area contributed by atoms with Gasteiger partial charge in [0.15, 0.2) is 0 Å². The number of nitrogens with zero attached hydrogens (tertiary/aromatic N) is 3. The minimum atomic E-state index is 0.620. The summed E-state index contributed by atoms with van der Waals surface area (Å²) in [4.78, 5) is 4.90. The number of hydrogen-bond acceptors (Lipinski definition) is 2. The summed E-state index contributed by atoms with van der Waals surface area (Å²) in [5.74, 6) is 1.87. The van der Waals surface area contributed by atoms with Gasteiger partial charge < -0.3 is 4.57 Å². The van der Waals surface area contributed by atoms with Gasteiger partial charge in [-0.2, -0.15) is 5.26 Å². The summed E-state index contributed by atoms with van der Waals surface area (Å²) >= 11 is 0. The highest BCUT2D eigenvalue weighted by molar-refractivity contribution is 5.78. The van der Waals surface area contributed by atoms with E-state index in [2.05, 4.69) is 36.6 Å². The molecule has 1 fully saturated rings. The fraction of sp³-hybridized carbons (Fsp3) is 0.529. The summed E-state index contributed by atoms with van der Waals surface area (Å²) in [6.07, 6.45) is 5.38. The molecule has 1 aromatic heterocycles. The van der Waals surface area contributed by atoms with E-state index in [0.29, 0.717) is 12.3 Å². The predicted molar refractivity (Wildman–Crippen MR) is 80.6 cm³/mol. The van der Waals surface area contributed by atoms with Crippen molar-refractivity contribution in [2.45, 2.75) is 58.4 Å². The molecule has 0 bridgehead atoms. The lowest BCUT2D eigenvalue weighted by Crippen LogP contribution is -2.15. The van der Waals surface area contributed by atoms with Crippen LogP contribution in [-0.4, -0.2) is 9.55 Å². The van der Waals surface area contributed by atoms with Gasteiger partial charge in [-0.25, -0.2) is 4.98 Å². The summed E-state index contributed by atoms with van der Waals surface area (Å²) in [6, 6.07) is 6.70. The van der Waals surface area contributed by atoms with Crippen LogP contribution in [0.25, 0.3) is 11.0 Å². The van der Waals surface area contributed by atoms with E-state index in [4.69, 9.17) is 10.2 Å². The van der Waals surface area contributed by atoms with E-state index in [9.17, 15) is 0 Å². The first-order chi connectivity index (χ1) is 9.70. The van der Waals surface area contributed by atoms with Crippen LogP contribution in [0.4, 0.5) is 0 Å². The molecular weight excluding hydrogens is 246 g/mol. The van der Waals surface area contributed by atoms with Crippen LogP contribution in [0.15, 0.2) is 12.1 Å². The van der Waals surface area contributed by atoms with Crippen LogP contribution in [-0.2, 0) is 6.54 Å². The molecule has 3 heteroatoms. The van der Waals surface area contributed by atoms with Crippen LogP contribution >= 0.6 is 0 Å². The number of nitriles is 1. The molecule has 104 valence electrons. The Morgan fingerprint density at radius 3 is 2.70 bits per heavy atom. The number of rotatable bonds is 4. The first-order valence-corrected chi connectivity index (χ1v) is 7.55. The van der Waals surface area contributed by atoms with Crippen molar-refractivity contribution >= 4 is 11.0 Å². The SMILES string of the molecule is Cc1cc2nc(C3CCC3)n(CCCC#N)c2cc1C. The van der Waals surface area contributed by atoms with E-state index in [1.54, 1.807) is 0 Å². The number of imidazole rings is 1. The van der Waals surface area contributed by atoms with Crippen molar-refractivity contribution in [1.29, 1.82) is 5.26 Å². The molecule has 3 nitrogen and oxygen atoms in total. The Kier molecular flexibility index (Phi) is 3.48. The first kappa shape index (κ1) is 13.2. The molecule has 0 aliphatic heterocycles. The van der Waals surface area contributed by atoms with Gasteiger partial charge in [0.05, 0.1) is 17.1 Å². The van der Waals surface area contributed by atoms with Crippen LogP contribution in [0.5, 0.6) is 0 Å². The average Bonchev–Trinajstić information content (AvgIpc) is 2.67. The van der Waals surface area contributed by atoms with Crippen LogP contribution < -0.4 is 0 Å². The lowest BCUT2D eigenvalue weighted by molar-refractivity contribution is 0.387. The monoisotopic (exact) mass is 267 g/mol. The number of benzene rings is 1. The maximum absolute atomic E-state index is 8.75. The zero-order chi connectivity index (χ0) is 14.1. The second-order valence-corrected chi connectivity index (χ2v) is 5.94. The summed E-state index contributed by atoms with van der Waals surface area (Å²) < 4.78 is 2.36. The van der Waals surface area contributed by atoms with Gasteiger partial charge >= 0.3 is 0 Å². The summed E-state index contributed by atoms with van der Waals surface area (Å²) in [7, 11) is 0. The molecule has 2 aromatic rings. The summed E-state index contributed by atoms with van der Waals surface area (Å²) in [5, 5.41) is 8.75. The lowest BCUT2D eigenvalue weighted by atomic mass is 9.85. The molecule has 0 atom stereocenters. The highest BCUT2D eigenvalue weighted by Gasteiger charge is 2.25. The normalized spacial score (nSPS) is 15.2. The summed E-state index contributed by atoms with van der Waals surface area (Å²) in [5.41, 5.74) is 4.98. The molecule has 1 aliphatic carbocycles. The van der Waals surface area contributed by atoms with Crippen molar-refractivity contribution in [3.63, 3.8) is 0 Å². The Labute approximate surface area is 120 Å². The van der Waals surface area contributed by atoms with Gasteiger partial charge in [0, 0.05) is 18.9 Å². The maximum Gasteiger partial charge on any atom is 0.112 e. The second kappa shape index (κ2) is 5.28. The standard InChI is InChI=1S/C17H21N3/c1-12-10-15-16(11-13(12)2)20(9-4-3-8-18)17(19-15)14-6-5-7-14/h10-11,14H,3-7,9H2,1-2H3. The van der Waals surface area contributed by atoms with Gasteiger partial charge in [-0.15, -0.1) is 0 Å². The van der Waals surface area contributed by atoms with Gasteiger partial charge in [0.2, 0.25) is 0 Å². The molecule has 0 amide bonds. The van der Waals surface area contributed by atoms with Gasteiger partial charge in [0.1, 0.15) is 5.82 Å². The largest absolute Gasteiger partial charge is 0.328 e. The molecule has 3 rings (SSSR count). The third-order valence-electron chi connectivity index (χ3n) is 4.53. The first-order valence-electron chi connectivity index (χ1n) is 7.55. The van der Waals surface area contributed by atoms with Crippen molar-refractivity contribution in [2.75, 3.05) is 0 Å². The Morgan fingerprint density at radius 2 is 2.05 bits per heavy atom. The minimum absolute atomic E-state index is 0.620. The summed E-state index contributed by atoms with van der Waals surface area (Å²) in [6.45, 7) is 5.22. The number of aryl methyl sites for hydroxylation is 3. The number of aromatic nitrogens is 2. The smallest absolute Gasteiger partial charge is 0.112 e. The van der Waals surface area contributed by atoms with E-state index < -0.39 is 0 Å². The van der Waals surface area contributed by atoms with Gasteiger partial charge in [0.25, 0.3) is 0 Å². The Balaban J connectivity index is 2.05. The zero-order valence-corrected chi connectivity index (χ0v) is 12.3. The molecule has 1 saturated carbocycles. The van der Waals surface area contributed by atoms with Crippen molar-refractivity contribution in [1.82, 2.24) is 9.55 Å². The number of hydrogen-bond donors (Lipinski definition) is 0. The van der Waals surface area contributed by atoms with Gasteiger partial charge in [-0.05, 0) is 56.4 Å². The van der Waals surface area contributed by atoms with E-state index in [0.717, 1.165) is 18.5 Å². The van der Waals surface area contributed by atoms with E-state index in [1.165, 1.54) is 41.7 Å². The third kappa shape index (κ3) is 2.20. The lowest BCUT2D eigenvalue weighted by Gasteiger charge is -2.25. The van der Waals surface area contributed by atoms with Crippen molar-refractivity contribution in [3.05, 3.63) is 29.1 Å². The molecule has 1 heterocycles. The maximum atomic E-state index is 8.75. The number of fused-ring (bicyclic) bond motifs is 1. The second-order valence-electron chi connectivity index (χ2n) is 5.94. The Morgan fingerprint density at radius 1 is 1.30 bits per heavy atom. The average molecular weight is 267 g/mol. The molecule has 0 spiro atoms. The predicted octanol–water partition coefficient (Wildman–Crippen LogP) is 4.22. The molecule has 1 aromatic carbocycles. The Bertz CT molecular complexity index is 672. The minimum Gasteiger partial charge on any atom is -0.328 e. The van der Waals surface area contributed by atoms with Crippen molar-refractivity contribution in [3.8, 4) is 6.07 Å². The molecule has 0 saturated heterocycles. The topological polar surface area (TPSA) is 41.6 Å². The van der Waals surface area contributed by atoms with Gasteiger partial charge in [-0.3, -0.25) is 0 Å². The van der Waals surface area contributed by atoms with Crippen LogP contribution in [0.1, 0.15) is 55.0 Å². The van der Waals surface area contributed by atoms with Crippen molar-refractivity contribution in [2.24, 2.45) is 0 Å². The van der Waals surface area contributed by atoms with E-state index in [-0.39, 0.29) is 0 Å². The van der Waals surface area contributed by atoms with Crippen LogP contribution in [0.3, 0.4) is 0 Å². The quantitative estimate of drug-likeness (QED) is 0.778.